The van der Waals surface area contributed by atoms with Gasteiger partial charge in [0.1, 0.15) is 5.82 Å². The third-order valence-corrected chi connectivity index (χ3v) is 4.87. The zero-order valence-electron chi connectivity index (χ0n) is 12.9. The molecule has 1 unspecified atom stereocenters. The molecule has 2 N–H and O–H groups in total. The van der Waals surface area contributed by atoms with Gasteiger partial charge in [-0.25, -0.2) is 4.39 Å². The lowest BCUT2D eigenvalue weighted by atomic mass is 9.85. The van der Waals surface area contributed by atoms with Crippen LogP contribution in [0.1, 0.15) is 49.8 Å². The molecule has 1 saturated carbocycles. The van der Waals surface area contributed by atoms with Crippen LogP contribution in [0.25, 0.3) is 0 Å². The zero-order valence-corrected chi connectivity index (χ0v) is 12.9. The number of nitrogens with zero attached hydrogens (tertiary/aromatic N) is 1. The Hall–Kier alpha value is -0.930. The standard InChI is InChI=1S/C17H27FN2/c1-12-4-7-15(8-5-12)20(3)17(11-19)16-9-6-14(18)10-13(16)2/h6,9-10,12,15,17H,4-5,7-8,11,19H2,1-3H3. The molecular formula is C17H27FN2. The van der Waals surface area contributed by atoms with E-state index in [0.717, 1.165) is 17.0 Å². The van der Waals surface area contributed by atoms with E-state index >= 15 is 0 Å². The van der Waals surface area contributed by atoms with Gasteiger partial charge in [0.05, 0.1) is 0 Å². The van der Waals surface area contributed by atoms with Crippen molar-refractivity contribution in [2.45, 2.75) is 51.6 Å². The molecule has 1 fully saturated rings. The molecular weight excluding hydrogens is 251 g/mol. The fourth-order valence-electron chi connectivity index (χ4n) is 3.43. The molecule has 1 atom stereocenters. The van der Waals surface area contributed by atoms with Gasteiger partial charge in [-0.15, -0.1) is 0 Å². The van der Waals surface area contributed by atoms with Crippen molar-refractivity contribution in [1.29, 1.82) is 0 Å². The van der Waals surface area contributed by atoms with E-state index in [9.17, 15) is 4.39 Å². The Morgan fingerprint density at radius 3 is 2.50 bits per heavy atom. The molecule has 0 radical (unpaired) electrons. The van der Waals surface area contributed by atoms with Crippen LogP contribution in [0, 0.1) is 18.7 Å². The molecule has 3 heteroatoms. The molecule has 0 amide bonds. The summed E-state index contributed by atoms with van der Waals surface area (Å²) in [6, 6.07) is 5.83. The third kappa shape index (κ3) is 3.39. The van der Waals surface area contributed by atoms with E-state index in [1.165, 1.54) is 25.7 Å². The Morgan fingerprint density at radius 2 is 1.95 bits per heavy atom. The summed E-state index contributed by atoms with van der Waals surface area (Å²) in [5.74, 6) is 0.680. The van der Waals surface area contributed by atoms with Gasteiger partial charge in [-0.1, -0.05) is 13.0 Å². The number of rotatable bonds is 4. The molecule has 0 bridgehead atoms. The van der Waals surface area contributed by atoms with Crippen molar-refractivity contribution in [3.8, 4) is 0 Å². The summed E-state index contributed by atoms with van der Waals surface area (Å²) >= 11 is 0. The average Bonchev–Trinajstić information content (AvgIpc) is 2.42. The minimum Gasteiger partial charge on any atom is -0.329 e. The number of aryl methyl sites for hydroxylation is 1. The van der Waals surface area contributed by atoms with Crippen LogP contribution >= 0.6 is 0 Å². The van der Waals surface area contributed by atoms with Crippen LogP contribution < -0.4 is 5.73 Å². The van der Waals surface area contributed by atoms with Crippen molar-refractivity contribution in [2.24, 2.45) is 11.7 Å². The lowest BCUT2D eigenvalue weighted by Gasteiger charge is -2.39. The summed E-state index contributed by atoms with van der Waals surface area (Å²) in [6.07, 6.45) is 5.09. The Labute approximate surface area is 122 Å². The van der Waals surface area contributed by atoms with Gasteiger partial charge in [0.25, 0.3) is 0 Å². The van der Waals surface area contributed by atoms with Crippen LogP contribution in [0.4, 0.5) is 4.39 Å². The highest BCUT2D eigenvalue weighted by atomic mass is 19.1. The zero-order chi connectivity index (χ0) is 14.7. The lowest BCUT2D eigenvalue weighted by Crippen LogP contribution is -2.40. The molecule has 0 aliphatic heterocycles. The molecule has 1 aliphatic carbocycles. The van der Waals surface area contributed by atoms with E-state index in [2.05, 4.69) is 18.9 Å². The van der Waals surface area contributed by atoms with Crippen molar-refractivity contribution in [1.82, 2.24) is 4.90 Å². The first-order valence-corrected chi connectivity index (χ1v) is 7.71. The Morgan fingerprint density at radius 1 is 1.30 bits per heavy atom. The predicted octanol–water partition coefficient (Wildman–Crippen LogP) is 3.64. The van der Waals surface area contributed by atoms with Crippen molar-refractivity contribution in [3.63, 3.8) is 0 Å². The quantitative estimate of drug-likeness (QED) is 0.911. The van der Waals surface area contributed by atoms with Crippen LogP contribution in [0.5, 0.6) is 0 Å². The van der Waals surface area contributed by atoms with Crippen LogP contribution in [0.3, 0.4) is 0 Å². The molecule has 0 aromatic heterocycles. The normalized spacial score (nSPS) is 24.9. The first-order chi connectivity index (χ1) is 9.52. The number of hydrogen-bond acceptors (Lipinski definition) is 2. The lowest BCUT2D eigenvalue weighted by molar-refractivity contribution is 0.126. The van der Waals surface area contributed by atoms with E-state index in [1.54, 1.807) is 12.1 Å². The van der Waals surface area contributed by atoms with Gasteiger partial charge in [-0.2, -0.15) is 0 Å². The molecule has 0 spiro atoms. The molecule has 0 heterocycles. The highest BCUT2D eigenvalue weighted by Gasteiger charge is 2.27. The molecule has 112 valence electrons. The van der Waals surface area contributed by atoms with E-state index in [4.69, 9.17) is 5.73 Å². The second kappa shape index (κ2) is 6.68. The molecule has 1 aromatic rings. The van der Waals surface area contributed by atoms with Gasteiger partial charge in [0, 0.05) is 18.6 Å². The van der Waals surface area contributed by atoms with Gasteiger partial charge >= 0.3 is 0 Å². The van der Waals surface area contributed by atoms with Gasteiger partial charge < -0.3 is 5.73 Å². The summed E-state index contributed by atoms with van der Waals surface area (Å²) in [6.45, 7) is 4.88. The molecule has 2 rings (SSSR count). The van der Waals surface area contributed by atoms with Crippen molar-refractivity contribution in [3.05, 3.63) is 35.1 Å². The Bertz CT molecular complexity index is 439. The third-order valence-electron chi connectivity index (χ3n) is 4.87. The van der Waals surface area contributed by atoms with Gasteiger partial charge in [-0.3, -0.25) is 4.90 Å². The van der Waals surface area contributed by atoms with Crippen molar-refractivity contribution < 1.29 is 4.39 Å². The smallest absolute Gasteiger partial charge is 0.123 e. The summed E-state index contributed by atoms with van der Waals surface area (Å²) < 4.78 is 13.3. The monoisotopic (exact) mass is 278 g/mol. The van der Waals surface area contributed by atoms with E-state index in [-0.39, 0.29) is 11.9 Å². The number of hydrogen-bond donors (Lipinski definition) is 1. The summed E-state index contributed by atoms with van der Waals surface area (Å²) in [4.78, 5) is 2.41. The SMILES string of the molecule is Cc1cc(F)ccc1C(CN)N(C)C1CCC(C)CC1. The van der Waals surface area contributed by atoms with Gasteiger partial charge in [0.2, 0.25) is 0 Å². The largest absolute Gasteiger partial charge is 0.329 e. The van der Waals surface area contributed by atoms with Crippen molar-refractivity contribution >= 4 is 0 Å². The van der Waals surface area contributed by atoms with E-state index in [1.807, 2.05) is 13.0 Å². The van der Waals surface area contributed by atoms with E-state index in [0.29, 0.717) is 12.6 Å². The fourth-order valence-corrected chi connectivity index (χ4v) is 3.43. The maximum absolute atomic E-state index is 13.3. The fraction of sp³-hybridized carbons (Fsp3) is 0.647. The summed E-state index contributed by atoms with van der Waals surface area (Å²) in [7, 11) is 2.17. The number of likely N-dealkylation sites (N-methyl/N-ethyl adjacent to an activating group) is 1. The van der Waals surface area contributed by atoms with Crippen LogP contribution in [0.2, 0.25) is 0 Å². The second-order valence-electron chi connectivity index (χ2n) is 6.33. The minimum atomic E-state index is -0.170. The maximum Gasteiger partial charge on any atom is 0.123 e. The van der Waals surface area contributed by atoms with Crippen LogP contribution in [-0.4, -0.2) is 24.5 Å². The highest BCUT2D eigenvalue weighted by molar-refractivity contribution is 5.30. The van der Waals surface area contributed by atoms with Gasteiger partial charge in [-0.05, 0) is 68.8 Å². The van der Waals surface area contributed by atoms with Crippen LogP contribution in [-0.2, 0) is 0 Å². The number of benzene rings is 1. The predicted molar refractivity (Wildman–Crippen MR) is 82.1 cm³/mol. The number of nitrogens with two attached hydrogens (primary N) is 1. The van der Waals surface area contributed by atoms with Crippen LogP contribution in [0.15, 0.2) is 18.2 Å². The topological polar surface area (TPSA) is 29.3 Å². The molecule has 20 heavy (non-hydrogen) atoms. The maximum atomic E-state index is 13.3. The average molecular weight is 278 g/mol. The summed E-state index contributed by atoms with van der Waals surface area (Å²) in [5.41, 5.74) is 8.17. The Kier molecular flexibility index (Phi) is 5.17. The molecule has 1 aliphatic rings. The molecule has 0 saturated heterocycles. The van der Waals surface area contributed by atoms with Crippen molar-refractivity contribution in [2.75, 3.05) is 13.6 Å². The van der Waals surface area contributed by atoms with E-state index < -0.39 is 0 Å². The number of halogens is 1. The molecule has 1 aromatic carbocycles. The minimum absolute atomic E-state index is 0.170. The van der Waals surface area contributed by atoms with Gasteiger partial charge in [0.15, 0.2) is 0 Å². The first-order valence-electron chi connectivity index (χ1n) is 7.71. The summed E-state index contributed by atoms with van der Waals surface area (Å²) in [5, 5.41) is 0. The first kappa shape index (κ1) is 15.5. The molecule has 2 nitrogen and oxygen atoms in total. The Balaban J connectivity index is 2.14. The second-order valence-corrected chi connectivity index (χ2v) is 6.33. The highest BCUT2D eigenvalue weighted by Crippen LogP contribution is 2.32.